The van der Waals surface area contributed by atoms with E-state index in [9.17, 15) is 4.79 Å². The maximum Gasteiger partial charge on any atom is 0.242 e. The quantitative estimate of drug-likeness (QED) is 0.868. The standard InChI is InChI=1S/C12H18ClN3O2/c1-9(8-17)16(3)12(18)7-15(2)11-5-4-10(13)6-14-11/h4-6,9,17H,7-8H2,1-3H3. The zero-order chi connectivity index (χ0) is 13.7. The van der Waals surface area contributed by atoms with Crippen LogP contribution in [0.25, 0.3) is 0 Å². The number of rotatable bonds is 5. The fourth-order valence-electron chi connectivity index (χ4n) is 1.36. The Labute approximate surface area is 112 Å². The molecule has 0 aliphatic heterocycles. The number of halogens is 1. The molecule has 0 spiro atoms. The van der Waals surface area contributed by atoms with Crippen molar-refractivity contribution in [3.05, 3.63) is 23.4 Å². The molecule has 1 N–H and O–H groups in total. The van der Waals surface area contributed by atoms with Crippen molar-refractivity contribution in [3.63, 3.8) is 0 Å². The van der Waals surface area contributed by atoms with Crippen molar-refractivity contribution in [1.82, 2.24) is 9.88 Å². The zero-order valence-corrected chi connectivity index (χ0v) is 11.6. The minimum absolute atomic E-state index is 0.0504. The van der Waals surface area contributed by atoms with Crippen LogP contribution in [0.4, 0.5) is 5.82 Å². The summed E-state index contributed by atoms with van der Waals surface area (Å²) in [7, 11) is 3.46. The molecule has 0 radical (unpaired) electrons. The number of anilines is 1. The van der Waals surface area contributed by atoms with Crippen LogP contribution in [0.5, 0.6) is 0 Å². The van der Waals surface area contributed by atoms with Gasteiger partial charge in [0.15, 0.2) is 0 Å². The molecular formula is C12H18ClN3O2. The lowest BCUT2D eigenvalue weighted by atomic mass is 10.3. The number of aliphatic hydroxyl groups is 1. The Morgan fingerprint density at radius 1 is 1.50 bits per heavy atom. The van der Waals surface area contributed by atoms with Gasteiger partial charge in [0, 0.05) is 20.3 Å². The van der Waals surface area contributed by atoms with Gasteiger partial charge in [-0.05, 0) is 19.1 Å². The third kappa shape index (κ3) is 3.85. The van der Waals surface area contributed by atoms with E-state index in [1.807, 2.05) is 0 Å². The van der Waals surface area contributed by atoms with Crippen LogP contribution in [0.1, 0.15) is 6.92 Å². The summed E-state index contributed by atoms with van der Waals surface area (Å²) in [6.07, 6.45) is 1.54. The van der Waals surface area contributed by atoms with Crippen LogP contribution in [0, 0.1) is 0 Å². The molecule has 0 aliphatic carbocycles. The van der Waals surface area contributed by atoms with E-state index in [0.717, 1.165) is 0 Å². The second-order valence-corrected chi connectivity index (χ2v) is 4.66. The number of pyridine rings is 1. The smallest absolute Gasteiger partial charge is 0.242 e. The van der Waals surface area contributed by atoms with Crippen LogP contribution < -0.4 is 4.90 Å². The molecule has 1 aromatic rings. The fourth-order valence-corrected chi connectivity index (χ4v) is 1.47. The maximum atomic E-state index is 11.9. The van der Waals surface area contributed by atoms with Gasteiger partial charge in [-0.1, -0.05) is 11.6 Å². The summed E-state index contributed by atoms with van der Waals surface area (Å²) < 4.78 is 0. The molecule has 1 atom stereocenters. The van der Waals surface area contributed by atoms with Crippen molar-refractivity contribution >= 4 is 23.3 Å². The molecule has 1 aromatic heterocycles. The number of hydrogen-bond donors (Lipinski definition) is 1. The SMILES string of the molecule is CC(CO)N(C)C(=O)CN(C)c1ccc(Cl)cn1. The maximum absolute atomic E-state index is 11.9. The van der Waals surface area contributed by atoms with E-state index in [1.54, 1.807) is 38.1 Å². The van der Waals surface area contributed by atoms with Crippen LogP contribution in [0.15, 0.2) is 18.3 Å². The number of aromatic nitrogens is 1. The highest BCUT2D eigenvalue weighted by atomic mass is 35.5. The van der Waals surface area contributed by atoms with Gasteiger partial charge in [-0.15, -0.1) is 0 Å². The highest BCUT2D eigenvalue weighted by molar-refractivity contribution is 6.30. The van der Waals surface area contributed by atoms with E-state index in [4.69, 9.17) is 16.7 Å². The van der Waals surface area contributed by atoms with Crippen molar-refractivity contribution in [2.75, 3.05) is 32.1 Å². The van der Waals surface area contributed by atoms with E-state index < -0.39 is 0 Å². The number of likely N-dealkylation sites (N-methyl/N-ethyl adjacent to an activating group) is 2. The Morgan fingerprint density at radius 2 is 2.17 bits per heavy atom. The molecular weight excluding hydrogens is 254 g/mol. The minimum Gasteiger partial charge on any atom is -0.394 e. The number of carbonyl (C=O) groups excluding carboxylic acids is 1. The molecule has 0 fully saturated rings. The second kappa shape index (κ2) is 6.56. The Balaban J connectivity index is 2.61. The summed E-state index contributed by atoms with van der Waals surface area (Å²) in [6, 6.07) is 3.29. The molecule has 0 saturated carbocycles. The largest absolute Gasteiger partial charge is 0.394 e. The first kappa shape index (κ1) is 14.7. The van der Waals surface area contributed by atoms with Crippen LogP contribution in [-0.2, 0) is 4.79 Å². The summed E-state index contributed by atoms with van der Waals surface area (Å²) in [6.45, 7) is 1.94. The first-order chi connectivity index (χ1) is 8.45. The summed E-state index contributed by atoms with van der Waals surface area (Å²) in [5.41, 5.74) is 0. The molecule has 0 aliphatic rings. The molecule has 1 unspecified atom stereocenters. The van der Waals surface area contributed by atoms with Crippen molar-refractivity contribution < 1.29 is 9.90 Å². The number of amides is 1. The van der Waals surface area contributed by atoms with E-state index in [1.165, 1.54) is 11.1 Å². The highest BCUT2D eigenvalue weighted by Gasteiger charge is 2.17. The Bertz CT molecular complexity index is 397. The van der Waals surface area contributed by atoms with Crippen molar-refractivity contribution in [2.45, 2.75) is 13.0 Å². The average Bonchev–Trinajstić information content (AvgIpc) is 2.37. The van der Waals surface area contributed by atoms with Gasteiger partial charge in [0.2, 0.25) is 5.91 Å². The number of hydrogen-bond acceptors (Lipinski definition) is 4. The van der Waals surface area contributed by atoms with Crippen LogP contribution in [0.3, 0.4) is 0 Å². The predicted octanol–water partition coefficient (Wildman–Crippen LogP) is 1.01. The molecule has 0 bridgehead atoms. The Kier molecular flexibility index (Phi) is 5.37. The summed E-state index contributed by atoms with van der Waals surface area (Å²) in [5, 5.41) is 9.56. The third-order valence-electron chi connectivity index (χ3n) is 2.79. The normalized spacial score (nSPS) is 12.1. The topological polar surface area (TPSA) is 56.7 Å². The molecule has 0 saturated heterocycles. The van der Waals surface area contributed by atoms with Crippen LogP contribution >= 0.6 is 11.6 Å². The van der Waals surface area contributed by atoms with Gasteiger partial charge in [-0.2, -0.15) is 0 Å². The summed E-state index contributed by atoms with van der Waals surface area (Å²) in [5.74, 6) is 0.605. The van der Waals surface area contributed by atoms with Crippen molar-refractivity contribution in [2.24, 2.45) is 0 Å². The minimum atomic E-state index is -0.191. The van der Waals surface area contributed by atoms with E-state index >= 15 is 0 Å². The fraction of sp³-hybridized carbons (Fsp3) is 0.500. The molecule has 0 aromatic carbocycles. The molecule has 6 heteroatoms. The van der Waals surface area contributed by atoms with Gasteiger partial charge in [0.25, 0.3) is 0 Å². The zero-order valence-electron chi connectivity index (χ0n) is 10.8. The van der Waals surface area contributed by atoms with E-state index in [-0.39, 0.29) is 25.1 Å². The number of nitrogens with zero attached hydrogens (tertiary/aromatic N) is 3. The molecule has 1 amide bonds. The van der Waals surface area contributed by atoms with Crippen LogP contribution in [0.2, 0.25) is 5.02 Å². The molecule has 5 nitrogen and oxygen atoms in total. The lowest BCUT2D eigenvalue weighted by Crippen LogP contribution is -2.42. The average molecular weight is 272 g/mol. The summed E-state index contributed by atoms with van der Waals surface area (Å²) in [4.78, 5) is 19.3. The van der Waals surface area contributed by atoms with Crippen molar-refractivity contribution in [1.29, 1.82) is 0 Å². The number of carbonyl (C=O) groups is 1. The van der Waals surface area contributed by atoms with Gasteiger partial charge in [-0.3, -0.25) is 4.79 Å². The first-order valence-electron chi connectivity index (χ1n) is 5.65. The molecule has 100 valence electrons. The van der Waals surface area contributed by atoms with Gasteiger partial charge in [0.05, 0.1) is 24.2 Å². The third-order valence-corrected chi connectivity index (χ3v) is 3.02. The van der Waals surface area contributed by atoms with Gasteiger partial charge in [-0.25, -0.2) is 4.98 Å². The second-order valence-electron chi connectivity index (χ2n) is 4.23. The van der Waals surface area contributed by atoms with Crippen LogP contribution in [-0.4, -0.2) is 54.2 Å². The molecule has 1 rings (SSSR count). The Hall–Kier alpha value is -1.33. The molecule has 18 heavy (non-hydrogen) atoms. The van der Waals surface area contributed by atoms with E-state index in [2.05, 4.69) is 4.98 Å². The van der Waals surface area contributed by atoms with Gasteiger partial charge < -0.3 is 14.9 Å². The van der Waals surface area contributed by atoms with Crippen molar-refractivity contribution in [3.8, 4) is 0 Å². The highest BCUT2D eigenvalue weighted by Crippen LogP contribution is 2.12. The Morgan fingerprint density at radius 3 is 2.67 bits per heavy atom. The molecule has 1 heterocycles. The van der Waals surface area contributed by atoms with E-state index in [0.29, 0.717) is 10.8 Å². The van der Waals surface area contributed by atoms with Gasteiger partial charge >= 0.3 is 0 Å². The number of aliphatic hydroxyl groups excluding tert-OH is 1. The summed E-state index contributed by atoms with van der Waals surface area (Å²) >= 11 is 5.75. The first-order valence-corrected chi connectivity index (χ1v) is 6.02. The van der Waals surface area contributed by atoms with Gasteiger partial charge in [0.1, 0.15) is 5.82 Å². The monoisotopic (exact) mass is 271 g/mol. The lowest BCUT2D eigenvalue weighted by Gasteiger charge is -2.26. The predicted molar refractivity (Wildman–Crippen MR) is 71.8 cm³/mol. The lowest BCUT2D eigenvalue weighted by molar-refractivity contribution is -0.130.